The van der Waals surface area contributed by atoms with Gasteiger partial charge in [0.15, 0.2) is 43.6 Å². The number of aliphatic hydroxyl groups excluding tert-OH is 5. The van der Waals surface area contributed by atoms with Crippen LogP contribution >= 0.6 is 9.24 Å². The minimum Gasteiger partial charge on any atom is -0.435 e. The second-order valence-corrected chi connectivity index (χ2v) is 18.9. The molecule has 4 aliphatic rings. The lowest BCUT2D eigenvalue weighted by Crippen LogP contribution is -2.63. The average molecular weight is 1190 g/mol. The molecule has 4 saturated heterocycles. The van der Waals surface area contributed by atoms with Gasteiger partial charge in [0.25, 0.3) is 19.4 Å². The predicted molar refractivity (Wildman–Crippen MR) is 270 cm³/mol. The number of aliphatic hydroxyl groups is 5. The zero-order chi connectivity index (χ0) is 60.9. The summed E-state index contributed by atoms with van der Waals surface area (Å²) in [7, 11) is 6.17. The summed E-state index contributed by atoms with van der Waals surface area (Å²) in [5.74, 6) is -0.895. The van der Waals surface area contributed by atoms with Crippen molar-refractivity contribution < 1.29 is 140 Å². The molecule has 0 aliphatic carbocycles. The van der Waals surface area contributed by atoms with Crippen LogP contribution in [0.2, 0.25) is 0 Å². The highest BCUT2D eigenvalue weighted by Gasteiger charge is 2.50. The van der Waals surface area contributed by atoms with Crippen molar-refractivity contribution in [2.24, 2.45) is 0 Å². The Hall–Kier alpha value is -4.42. The molecule has 466 valence electrons. The van der Waals surface area contributed by atoms with Gasteiger partial charge in [0.2, 0.25) is 42.9 Å². The van der Waals surface area contributed by atoms with Gasteiger partial charge < -0.3 is 122 Å². The zero-order valence-electron chi connectivity index (χ0n) is 46.3. The first kappa shape index (κ1) is 72.7. The Kier molecular flexibility index (Phi) is 34.5. The highest BCUT2D eigenvalue weighted by atomic mass is 31.0. The lowest BCUT2D eigenvalue weighted by Gasteiger charge is -2.45. The number of nitrogens with one attached hydrogen (secondary N) is 3. The smallest absolute Gasteiger partial charge is 0.295 e. The van der Waals surface area contributed by atoms with E-state index in [-0.39, 0.29) is 76.0 Å². The van der Waals surface area contributed by atoms with Crippen LogP contribution in [0.3, 0.4) is 0 Å². The van der Waals surface area contributed by atoms with E-state index in [0.29, 0.717) is 25.3 Å². The van der Waals surface area contributed by atoms with Gasteiger partial charge in [0, 0.05) is 67.5 Å². The predicted octanol–water partition coefficient (Wildman–Crippen LogP) is -5.08. The molecule has 0 saturated carbocycles. The molecule has 4 aliphatic heterocycles. The first-order valence-electron chi connectivity index (χ1n) is 25.4. The maximum absolute atomic E-state index is 11.5. The van der Waals surface area contributed by atoms with Crippen molar-refractivity contribution in [1.29, 1.82) is 0 Å². The van der Waals surface area contributed by atoms with Crippen molar-refractivity contribution in [1.82, 2.24) is 16.0 Å². The van der Waals surface area contributed by atoms with Crippen LogP contribution in [0.15, 0.2) is 0 Å². The number of carbonyl (C=O) groups excluding carboxylic acids is 9. The summed E-state index contributed by atoms with van der Waals surface area (Å²) < 4.78 is 79.4. The molecule has 4 rings (SSSR count). The lowest BCUT2D eigenvalue weighted by molar-refractivity contribution is -0.355. The summed E-state index contributed by atoms with van der Waals surface area (Å²) in [6.45, 7) is 8.80. The van der Waals surface area contributed by atoms with E-state index in [0.717, 1.165) is 0 Å². The number of carbonyl (C=O) groups is 9. The molecule has 0 aromatic carbocycles. The molecule has 4 heterocycles. The molecular formula is C48H80N3O29P. The summed E-state index contributed by atoms with van der Waals surface area (Å²) in [5, 5.41) is 56.9. The van der Waals surface area contributed by atoms with E-state index >= 15 is 0 Å². The van der Waals surface area contributed by atoms with E-state index in [1.165, 1.54) is 42.1 Å². The molecule has 0 aromatic heterocycles. The molecule has 0 bridgehead atoms. The largest absolute Gasteiger partial charge is 0.435 e. The second kappa shape index (κ2) is 38.4. The first-order chi connectivity index (χ1) is 38.6. The van der Waals surface area contributed by atoms with E-state index in [4.69, 9.17) is 66.3 Å². The summed E-state index contributed by atoms with van der Waals surface area (Å²) >= 11 is 0. The second-order valence-electron chi connectivity index (χ2n) is 18.4. The van der Waals surface area contributed by atoms with Gasteiger partial charge in [-0.2, -0.15) is 0 Å². The minimum absolute atomic E-state index is 0.0421. The average Bonchev–Trinajstić information content (AvgIpc) is 3.46. The maximum Gasteiger partial charge on any atom is 0.295 e. The molecule has 32 nitrogen and oxygen atoms in total. The third-order valence-electron chi connectivity index (χ3n) is 12.6. The Bertz CT molecular complexity index is 1900. The molecule has 8 N–H and O–H groups in total. The number of rotatable bonds is 31. The van der Waals surface area contributed by atoms with Crippen LogP contribution in [0.1, 0.15) is 60.8 Å². The molecule has 13 unspecified atom stereocenters. The fraction of sp³-hybridized carbons (Fsp3) is 0.812. The van der Waals surface area contributed by atoms with Gasteiger partial charge in [-0.3, -0.25) is 33.6 Å². The fourth-order valence-electron chi connectivity index (χ4n) is 8.90. The van der Waals surface area contributed by atoms with Crippen LogP contribution in [0, 0.1) is 0 Å². The van der Waals surface area contributed by atoms with Crippen molar-refractivity contribution in [2.45, 2.75) is 202 Å². The Balaban J connectivity index is 0.000000415. The number of hydrogen-bond acceptors (Lipinski definition) is 29. The van der Waals surface area contributed by atoms with Crippen LogP contribution in [0.5, 0.6) is 0 Å². The number of aldehydes is 3. The van der Waals surface area contributed by atoms with Crippen molar-refractivity contribution in [2.75, 3.05) is 47.3 Å². The summed E-state index contributed by atoms with van der Waals surface area (Å²) in [6, 6.07) is -1.67. The topological polar surface area (TPSA) is 429 Å². The number of amides is 3. The Morgan fingerprint density at radius 1 is 0.580 bits per heavy atom. The van der Waals surface area contributed by atoms with Crippen LogP contribution in [0.25, 0.3) is 0 Å². The van der Waals surface area contributed by atoms with Crippen molar-refractivity contribution >= 4 is 65.2 Å². The van der Waals surface area contributed by atoms with Crippen LogP contribution < -0.4 is 16.0 Å². The highest BCUT2D eigenvalue weighted by molar-refractivity contribution is 7.16. The van der Waals surface area contributed by atoms with Gasteiger partial charge in [-0.05, 0) is 20.8 Å². The van der Waals surface area contributed by atoms with E-state index < -0.39 is 141 Å². The molecule has 3 amide bonds. The summed E-state index contributed by atoms with van der Waals surface area (Å²) in [4.78, 5) is 99.9. The van der Waals surface area contributed by atoms with Crippen molar-refractivity contribution in [3.8, 4) is 0 Å². The summed E-state index contributed by atoms with van der Waals surface area (Å²) in [6.07, 6.45) is -17.2. The lowest BCUT2D eigenvalue weighted by atomic mass is 9.95. The van der Waals surface area contributed by atoms with E-state index in [1.807, 2.05) is 0 Å². The SMILES string of the molecule is COC(C=O)C(OC=O)O[C@H](C=O)OC1CC(CO)O[C@@H](C)[C@H]1NC(C)=O.COC(C=O)C(OC=O)O[C@H](CP)OC1CC(CO)O[C@@H](C)[C@H]1NC(C)=O.CO[C@@H]1C(OC=O)O[C@@H](OC2CC(CO)O[C@@H](C)[C@H]2NC(C)=O)[C@@H](O)C1O. The van der Waals surface area contributed by atoms with Gasteiger partial charge in [-0.15, -0.1) is 9.24 Å². The third kappa shape index (κ3) is 23.3. The monoisotopic (exact) mass is 1190 g/mol. The number of methoxy groups -OCH3 is 3. The molecule has 0 spiro atoms. The molecule has 0 aromatic rings. The van der Waals surface area contributed by atoms with Gasteiger partial charge in [0.05, 0.1) is 92.9 Å². The fourth-order valence-corrected chi connectivity index (χ4v) is 9.13. The standard InChI is InChI=1S/C16H27NO10.C16H25NO10.C16H28NO9P/c1-7-11(17-8(2)20)10(4-9(5-18)25-7)26-15-13(22)12(21)14(23-3)16(27-15)24-6-19;1-9-15(17-10(2)22)12(4-11(5-18)25-9)26-14(7-20)27-16(24-8-21)13(6-19)23-3;1-9-15(17-10(2)21)12(4-11(5-18)24-9)25-14(7-27)26-16(23-8-20)13(6-19)22-3/h6-7,9-16,18,21-22H,4-5H2,1-3H3,(H,17,20);6-9,11-16,18H,4-5H2,1-3H3,(H,17,22);6,8-9,11-16,18H,4-5,7,27H2,1-3H3,(H,17,21)/t7-,9?,10?,11+,12?,13-,14-,15+,16?;2*9-,11?,12?,13?,14+,15+,16?/m000/s1. The number of hydrogen-bond donors (Lipinski definition) is 8. The van der Waals surface area contributed by atoms with Crippen molar-refractivity contribution in [3.05, 3.63) is 0 Å². The molecule has 33 heteroatoms. The van der Waals surface area contributed by atoms with E-state index in [2.05, 4.69) is 29.9 Å². The quantitative estimate of drug-likeness (QED) is 0.0139. The first-order valence-corrected chi connectivity index (χ1v) is 26.2. The van der Waals surface area contributed by atoms with Crippen molar-refractivity contribution in [3.63, 3.8) is 0 Å². The molecular weight excluding hydrogens is 1110 g/mol. The van der Waals surface area contributed by atoms with Gasteiger partial charge in [0.1, 0.15) is 18.3 Å². The molecule has 81 heavy (non-hydrogen) atoms. The Labute approximate surface area is 469 Å². The van der Waals surface area contributed by atoms with E-state index in [1.54, 1.807) is 20.8 Å². The zero-order valence-corrected chi connectivity index (χ0v) is 47.5. The number of ether oxygens (including phenoxy) is 15. The third-order valence-corrected chi connectivity index (χ3v) is 13.0. The molecule has 4 fully saturated rings. The Morgan fingerprint density at radius 3 is 1.36 bits per heavy atom. The maximum atomic E-state index is 11.5. The molecule has 24 atom stereocenters. The normalized spacial score (nSPS) is 33.1. The Morgan fingerprint density at radius 2 is 1.00 bits per heavy atom. The van der Waals surface area contributed by atoms with Crippen LogP contribution in [0.4, 0.5) is 0 Å². The van der Waals surface area contributed by atoms with Gasteiger partial charge in [-0.25, -0.2) is 0 Å². The van der Waals surface area contributed by atoms with Gasteiger partial charge in [-0.1, -0.05) is 0 Å². The van der Waals surface area contributed by atoms with Gasteiger partial charge >= 0.3 is 0 Å². The van der Waals surface area contributed by atoms with Crippen LogP contribution in [-0.4, -0.2) is 270 Å². The van der Waals surface area contributed by atoms with Crippen LogP contribution in [-0.2, 0) is 114 Å². The minimum atomic E-state index is -1.53. The summed E-state index contributed by atoms with van der Waals surface area (Å²) in [5.41, 5.74) is 0. The van der Waals surface area contributed by atoms with E-state index in [9.17, 15) is 68.7 Å². The highest BCUT2D eigenvalue weighted by Crippen LogP contribution is 2.31. The molecule has 0 radical (unpaired) electrons.